The van der Waals surface area contributed by atoms with E-state index in [9.17, 15) is 23.5 Å². The molecule has 36 heavy (non-hydrogen) atoms. The summed E-state index contributed by atoms with van der Waals surface area (Å²) in [5.41, 5.74) is 1.89. The zero-order valence-corrected chi connectivity index (χ0v) is 20.9. The Bertz CT molecular complexity index is 1350. The summed E-state index contributed by atoms with van der Waals surface area (Å²) in [6.07, 6.45) is 3.92. The molecular formula is C28H31F2N3O3. The minimum absolute atomic E-state index is 0.00919. The number of carboxylic acids is 1. The molecule has 6 nitrogen and oxygen atoms in total. The number of pyridine rings is 1. The molecule has 1 amide bonds. The number of carbonyl (C=O) groups is 2. The molecule has 3 heterocycles. The number of fused-ring (bicyclic) bond motifs is 3. The number of amides is 1. The van der Waals surface area contributed by atoms with Crippen molar-refractivity contribution in [2.45, 2.75) is 59.5 Å². The number of aromatic nitrogens is 2. The van der Waals surface area contributed by atoms with Crippen LogP contribution < -0.4 is 0 Å². The lowest BCUT2D eigenvalue weighted by molar-refractivity contribution is -0.155. The van der Waals surface area contributed by atoms with Gasteiger partial charge in [-0.3, -0.25) is 9.59 Å². The maximum atomic E-state index is 13.9. The van der Waals surface area contributed by atoms with Gasteiger partial charge in [-0.2, -0.15) is 0 Å². The molecule has 1 fully saturated rings. The first-order valence-corrected chi connectivity index (χ1v) is 12.4. The van der Waals surface area contributed by atoms with E-state index >= 15 is 0 Å². The van der Waals surface area contributed by atoms with Gasteiger partial charge in [-0.1, -0.05) is 13.8 Å². The third kappa shape index (κ3) is 3.87. The summed E-state index contributed by atoms with van der Waals surface area (Å²) in [5.74, 6) is -2.08. The Morgan fingerprint density at radius 1 is 1.17 bits per heavy atom. The fourth-order valence-electron chi connectivity index (χ4n) is 6.20. The van der Waals surface area contributed by atoms with E-state index in [2.05, 4.69) is 4.98 Å². The summed E-state index contributed by atoms with van der Waals surface area (Å²) in [4.78, 5) is 31.8. The number of hydrogen-bond donors (Lipinski definition) is 1. The lowest BCUT2D eigenvalue weighted by Crippen LogP contribution is -2.43. The van der Waals surface area contributed by atoms with Gasteiger partial charge in [-0.05, 0) is 72.9 Å². The molecule has 2 atom stereocenters. The van der Waals surface area contributed by atoms with Crippen LogP contribution in [0.1, 0.15) is 56.9 Å². The maximum absolute atomic E-state index is 13.9. The van der Waals surface area contributed by atoms with Crippen molar-refractivity contribution in [2.75, 3.05) is 6.54 Å². The summed E-state index contributed by atoms with van der Waals surface area (Å²) in [7, 11) is 0. The van der Waals surface area contributed by atoms with Gasteiger partial charge in [0.2, 0.25) is 5.91 Å². The molecule has 0 radical (unpaired) electrons. The predicted octanol–water partition coefficient (Wildman–Crippen LogP) is 5.16. The molecule has 2 aliphatic rings. The summed E-state index contributed by atoms with van der Waals surface area (Å²) in [6.45, 7) is 6.90. The van der Waals surface area contributed by atoms with Gasteiger partial charge in [0.1, 0.15) is 17.3 Å². The van der Waals surface area contributed by atoms with Crippen LogP contribution in [0.25, 0.3) is 11.0 Å². The lowest BCUT2D eigenvalue weighted by atomic mass is 9.65. The highest BCUT2D eigenvalue weighted by molar-refractivity contribution is 5.84. The van der Waals surface area contributed by atoms with Crippen LogP contribution in [-0.2, 0) is 29.1 Å². The van der Waals surface area contributed by atoms with Gasteiger partial charge in [0, 0.05) is 42.9 Å². The van der Waals surface area contributed by atoms with Gasteiger partial charge in [-0.15, -0.1) is 0 Å². The molecule has 1 N–H and O–H groups in total. The van der Waals surface area contributed by atoms with Gasteiger partial charge < -0.3 is 14.6 Å². The third-order valence-electron chi connectivity index (χ3n) is 8.96. The van der Waals surface area contributed by atoms with Crippen LogP contribution in [0.15, 0.2) is 36.5 Å². The Hall–Kier alpha value is -3.29. The van der Waals surface area contributed by atoms with Crippen LogP contribution in [0.5, 0.6) is 0 Å². The van der Waals surface area contributed by atoms with Crippen LogP contribution in [0.2, 0.25) is 0 Å². The first kappa shape index (κ1) is 24.4. The molecular weight excluding hydrogens is 464 g/mol. The van der Waals surface area contributed by atoms with E-state index in [-0.39, 0.29) is 18.4 Å². The zero-order valence-electron chi connectivity index (χ0n) is 20.9. The Morgan fingerprint density at radius 3 is 2.56 bits per heavy atom. The average Bonchev–Trinajstić information content (AvgIpc) is 3.25. The number of halogens is 2. The molecule has 5 rings (SSSR count). The summed E-state index contributed by atoms with van der Waals surface area (Å²) >= 11 is 0. The Kier molecular flexibility index (Phi) is 5.88. The second-order valence-corrected chi connectivity index (χ2v) is 11.0. The smallest absolute Gasteiger partial charge is 0.309 e. The topological polar surface area (TPSA) is 75.4 Å². The van der Waals surface area contributed by atoms with E-state index in [1.54, 1.807) is 13.1 Å². The van der Waals surface area contributed by atoms with E-state index in [1.807, 2.05) is 35.4 Å². The molecule has 1 aromatic carbocycles. The first-order chi connectivity index (χ1) is 17.0. The second-order valence-electron chi connectivity index (χ2n) is 11.0. The Balaban J connectivity index is 1.42. The number of nitrogens with zero attached hydrogens (tertiary/aromatic N) is 3. The van der Waals surface area contributed by atoms with Crippen molar-refractivity contribution in [1.82, 2.24) is 14.5 Å². The number of rotatable bonds is 5. The molecule has 190 valence electrons. The maximum Gasteiger partial charge on any atom is 0.309 e. The minimum Gasteiger partial charge on any atom is -0.481 e. The van der Waals surface area contributed by atoms with Crippen LogP contribution in [-0.4, -0.2) is 38.0 Å². The van der Waals surface area contributed by atoms with Gasteiger partial charge >= 0.3 is 5.97 Å². The summed E-state index contributed by atoms with van der Waals surface area (Å²) < 4.78 is 29.7. The average molecular weight is 496 g/mol. The third-order valence-corrected chi connectivity index (χ3v) is 8.96. The van der Waals surface area contributed by atoms with Gasteiger partial charge in [0.15, 0.2) is 0 Å². The Morgan fingerprint density at radius 2 is 1.89 bits per heavy atom. The highest BCUT2D eigenvalue weighted by Gasteiger charge is 2.56. The molecule has 0 spiro atoms. The SMILES string of the molecule is CC1(C)[C@@H](CC(=O)N2CCc3c(n(Cc4cc(F)cc(F)c4)c4ncccc34)C2)CC[C@@]1(C)C(=O)O. The van der Waals surface area contributed by atoms with Crippen LogP contribution in [0.4, 0.5) is 8.78 Å². The fraction of sp³-hybridized carbons (Fsp3) is 0.464. The number of carboxylic acid groups (broad SMARTS) is 1. The molecule has 8 heteroatoms. The molecule has 0 unspecified atom stereocenters. The van der Waals surface area contributed by atoms with Crippen molar-refractivity contribution < 1.29 is 23.5 Å². The van der Waals surface area contributed by atoms with E-state index in [1.165, 1.54) is 12.1 Å². The monoisotopic (exact) mass is 495 g/mol. The standard InChI is InChI=1S/C28H31F2N3O3/c1-27(2)18(6-8-28(27,3)26(35)36)13-24(34)32-10-7-21-22-5-4-9-31-25(22)33(23(21)16-32)15-17-11-19(29)14-20(30)12-17/h4-5,9,11-12,14,18H,6-8,10,13,15-16H2,1-3H3,(H,35,36)/t18-,28+/m1/s1. The molecule has 1 saturated carbocycles. The molecule has 3 aromatic rings. The minimum atomic E-state index is -0.856. The normalized spacial score (nSPS) is 23.1. The number of hydrogen-bond acceptors (Lipinski definition) is 3. The quantitative estimate of drug-likeness (QED) is 0.530. The van der Waals surface area contributed by atoms with Crippen molar-refractivity contribution in [3.05, 3.63) is 65.0 Å². The second kappa shape index (κ2) is 8.68. The highest BCUT2D eigenvalue weighted by Crippen LogP contribution is 2.57. The van der Waals surface area contributed by atoms with Crippen molar-refractivity contribution in [3.63, 3.8) is 0 Å². The van der Waals surface area contributed by atoms with E-state index in [0.717, 1.165) is 28.4 Å². The molecule has 2 aromatic heterocycles. The van der Waals surface area contributed by atoms with Crippen LogP contribution in [0.3, 0.4) is 0 Å². The van der Waals surface area contributed by atoms with Gasteiger partial charge in [0.25, 0.3) is 0 Å². The zero-order chi connectivity index (χ0) is 25.8. The van der Waals surface area contributed by atoms with Crippen molar-refractivity contribution in [1.29, 1.82) is 0 Å². The predicted molar refractivity (Wildman–Crippen MR) is 131 cm³/mol. The number of aliphatic carboxylic acids is 1. The molecule has 0 saturated heterocycles. The van der Waals surface area contributed by atoms with Crippen molar-refractivity contribution in [3.8, 4) is 0 Å². The highest BCUT2D eigenvalue weighted by atomic mass is 19.1. The van der Waals surface area contributed by atoms with Crippen LogP contribution >= 0.6 is 0 Å². The number of carbonyl (C=O) groups excluding carboxylic acids is 1. The summed E-state index contributed by atoms with van der Waals surface area (Å²) in [5, 5.41) is 10.8. The summed E-state index contributed by atoms with van der Waals surface area (Å²) in [6, 6.07) is 7.35. The van der Waals surface area contributed by atoms with Gasteiger partial charge in [-0.25, -0.2) is 13.8 Å². The Labute approximate surface area is 208 Å². The largest absolute Gasteiger partial charge is 0.481 e. The number of benzene rings is 1. The molecule has 1 aliphatic carbocycles. The fourth-order valence-corrected chi connectivity index (χ4v) is 6.20. The molecule has 1 aliphatic heterocycles. The van der Waals surface area contributed by atoms with Crippen LogP contribution in [0, 0.1) is 28.4 Å². The van der Waals surface area contributed by atoms with Crippen molar-refractivity contribution >= 4 is 22.9 Å². The van der Waals surface area contributed by atoms with E-state index in [4.69, 9.17) is 0 Å². The molecule has 0 bridgehead atoms. The van der Waals surface area contributed by atoms with E-state index < -0.39 is 28.4 Å². The van der Waals surface area contributed by atoms with Crippen molar-refractivity contribution in [2.24, 2.45) is 16.7 Å². The van der Waals surface area contributed by atoms with Gasteiger partial charge in [0.05, 0.1) is 12.0 Å². The lowest BCUT2D eigenvalue weighted by Gasteiger charge is -2.39. The van der Waals surface area contributed by atoms with E-state index in [0.29, 0.717) is 44.3 Å². The first-order valence-electron chi connectivity index (χ1n) is 12.4.